The van der Waals surface area contributed by atoms with Crippen molar-refractivity contribution in [3.63, 3.8) is 0 Å². The minimum atomic E-state index is -0.171. The van der Waals surface area contributed by atoms with E-state index in [1.807, 2.05) is 30.3 Å². The van der Waals surface area contributed by atoms with Crippen LogP contribution in [0.5, 0.6) is 5.75 Å². The summed E-state index contributed by atoms with van der Waals surface area (Å²) in [6.07, 6.45) is 3.26. The molecule has 0 radical (unpaired) electrons. The van der Waals surface area contributed by atoms with Gasteiger partial charge in [-0.05, 0) is 37.8 Å². The summed E-state index contributed by atoms with van der Waals surface area (Å²) in [4.78, 5) is 4.39. The summed E-state index contributed by atoms with van der Waals surface area (Å²) in [6, 6.07) is 9.57. The molecule has 106 valence electrons. The fourth-order valence-electron chi connectivity index (χ4n) is 2.48. The molecule has 1 N–H and O–H groups in total. The third-order valence-corrected chi connectivity index (χ3v) is 3.64. The second kappa shape index (κ2) is 6.05. The lowest BCUT2D eigenvalue weighted by molar-refractivity contribution is 0.116. The van der Waals surface area contributed by atoms with E-state index in [2.05, 4.69) is 10.1 Å². The molecule has 5 heteroatoms. The molecule has 1 heterocycles. The van der Waals surface area contributed by atoms with Gasteiger partial charge in [-0.2, -0.15) is 4.98 Å². The monoisotopic (exact) mass is 274 g/mol. The first-order valence-corrected chi connectivity index (χ1v) is 6.99. The standard InChI is InChI=1S/C15H18N2O3/c18-12-8-6-11(7-9-12)15-16-14(17-20-15)10-19-13-4-2-1-3-5-13/h1-5,11-12,18H,6-10H2. The summed E-state index contributed by atoms with van der Waals surface area (Å²) in [5.74, 6) is 2.30. The second-order valence-electron chi connectivity index (χ2n) is 5.16. The Balaban J connectivity index is 1.57. The molecule has 5 nitrogen and oxygen atoms in total. The predicted molar refractivity (Wildman–Crippen MR) is 72.3 cm³/mol. The Hall–Kier alpha value is -1.88. The van der Waals surface area contributed by atoms with Crippen molar-refractivity contribution in [2.45, 2.75) is 44.3 Å². The molecule has 3 rings (SSSR count). The molecule has 0 atom stereocenters. The van der Waals surface area contributed by atoms with E-state index in [0.29, 0.717) is 18.3 Å². The maximum Gasteiger partial charge on any atom is 0.229 e. The van der Waals surface area contributed by atoms with Gasteiger partial charge in [-0.3, -0.25) is 0 Å². The summed E-state index contributed by atoms with van der Waals surface area (Å²) in [6.45, 7) is 0.308. The molecule has 1 saturated carbocycles. The average Bonchev–Trinajstić information content (AvgIpc) is 2.96. The Bertz CT molecular complexity index is 533. The zero-order chi connectivity index (χ0) is 13.8. The number of aliphatic hydroxyl groups excluding tert-OH is 1. The quantitative estimate of drug-likeness (QED) is 0.928. The van der Waals surface area contributed by atoms with E-state index in [1.165, 1.54) is 0 Å². The first-order chi connectivity index (χ1) is 9.81. The van der Waals surface area contributed by atoms with E-state index >= 15 is 0 Å². The number of benzene rings is 1. The van der Waals surface area contributed by atoms with Gasteiger partial charge in [0, 0.05) is 5.92 Å². The first kappa shape index (κ1) is 13.1. The van der Waals surface area contributed by atoms with E-state index in [1.54, 1.807) is 0 Å². The fraction of sp³-hybridized carbons (Fsp3) is 0.467. The smallest absolute Gasteiger partial charge is 0.229 e. The summed E-state index contributed by atoms with van der Waals surface area (Å²) in [5.41, 5.74) is 0. The lowest BCUT2D eigenvalue weighted by Gasteiger charge is -2.22. The molecular formula is C15H18N2O3. The number of para-hydroxylation sites is 1. The molecule has 0 bridgehead atoms. The SMILES string of the molecule is OC1CCC(c2nc(COc3ccccc3)no2)CC1. The Morgan fingerprint density at radius 2 is 1.90 bits per heavy atom. The van der Waals surface area contributed by atoms with Crippen LogP contribution >= 0.6 is 0 Å². The molecule has 0 saturated heterocycles. The van der Waals surface area contributed by atoms with E-state index in [9.17, 15) is 5.11 Å². The van der Waals surface area contributed by atoms with Gasteiger partial charge in [0.25, 0.3) is 0 Å². The van der Waals surface area contributed by atoms with Crippen molar-refractivity contribution in [1.82, 2.24) is 10.1 Å². The van der Waals surface area contributed by atoms with Crippen LogP contribution < -0.4 is 4.74 Å². The minimum Gasteiger partial charge on any atom is -0.485 e. The van der Waals surface area contributed by atoms with Gasteiger partial charge in [0.05, 0.1) is 6.10 Å². The van der Waals surface area contributed by atoms with Crippen molar-refractivity contribution in [2.75, 3.05) is 0 Å². The van der Waals surface area contributed by atoms with Crippen LogP contribution in [0, 0.1) is 0 Å². The topological polar surface area (TPSA) is 68.4 Å². The average molecular weight is 274 g/mol. The molecule has 2 aromatic rings. The molecule has 1 aliphatic carbocycles. The number of hydrogen-bond donors (Lipinski definition) is 1. The van der Waals surface area contributed by atoms with Gasteiger partial charge < -0.3 is 14.4 Å². The molecule has 0 aliphatic heterocycles. The number of ether oxygens (including phenoxy) is 1. The third kappa shape index (κ3) is 3.17. The predicted octanol–water partition coefficient (Wildman–Crippen LogP) is 2.67. The number of nitrogens with zero attached hydrogens (tertiary/aromatic N) is 2. The number of rotatable bonds is 4. The van der Waals surface area contributed by atoms with Crippen LogP contribution in [-0.2, 0) is 6.61 Å². The highest BCUT2D eigenvalue weighted by Crippen LogP contribution is 2.31. The van der Waals surface area contributed by atoms with Crippen LogP contribution in [0.25, 0.3) is 0 Å². The van der Waals surface area contributed by atoms with Crippen molar-refractivity contribution < 1.29 is 14.4 Å². The highest BCUT2D eigenvalue weighted by molar-refractivity contribution is 5.20. The van der Waals surface area contributed by atoms with Gasteiger partial charge in [0.1, 0.15) is 5.75 Å². The van der Waals surface area contributed by atoms with E-state index in [-0.39, 0.29) is 12.0 Å². The van der Waals surface area contributed by atoms with Gasteiger partial charge in [0.15, 0.2) is 6.61 Å². The molecule has 0 unspecified atom stereocenters. The van der Waals surface area contributed by atoms with Gasteiger partial charge in [-0.25, -0.2) is 0 Å². The van der Waals surface area contributed by atoms with Gasteiger partial charge in [-0.1, -0.05) is 23.4 Å². The highest BCUT2D eigenvalue weighted by Gasteiger charge is 2.25. The zero-order valence-corrected chi connectivity index (χ0v) is 11.2. The van der Waals surface area contributed by atoms with Crippen molar-refractivity contribution in [2.24, 2.45) is 0 Å². The van der Waals surface area contributed by atoms with Gasteiger partial charge >= 0.3 is 0 Å². The molecular weight excluding hydrogens is 256 g/mol. The van der Waals surface area contributed by atoms with Crippen LogP contribution in [-0.4, -0.2) is 21.4 Å². The third-order valence-electron chi connectivity index (χ3n) is 3.64. The van der Waals surface area contributed by atoms with E-state index in [4.69, 9.17) is 9.26 Å². The van der Waals surface area contributed by atoms with Gasteiger partial charge in [0.2, 0.25) is 11.7 Å². The van der Waals surface area contributed by atoms with Gasteiger partial charge in [-0.15, -0.1) is 0 Å². The Morgan fingerprint density at radius 1 is 1.15 bits per heavy atom. The lowest BCUT2D eigenvalue weighted by atomic mass is 9.87. The molecule has 1 aromatic carbocycles. The molecule has 20 heavy (non-hydrogen) atoms. The zero-order valence-electron chi connectivity index (χ0n) is 11.2. The lowest BCUT2D eigenvalue weighted by Crippen LogP contribution is -2.17. The Kier molecular flexibility index (Phi) is 3.97. The van der Waals surface area contributed by atoms with Crippen LogP contribution in [0.15, 0.2) is 34.9 Å². The van der Waals surface area contributed by atoms with Crippen molar-refractivity contribution >= 4 is 0 Å². The van der Waals surface area contributed by atoms with Crippen LogP contribution in [0.4, 0.5) is 0 Å². The number of aromatic nitrogens is 2. The highest BCUT2D eigenvalue weighted by atomic mass is 16.5. The van der Waals surface area contributed by atoms with E-state index < -0.39 is 0 Å². The first-order valence-electron chi connectivity index (χ1n) is 6.99. The summed E-state index contributed by atoms with van der Waals surface area (Å²) in [5, 5.41) is 13.5. The van der Waals surface area contributed by atoms with Crippen molar-refractivity contribution in [3.8, 4) is 5.75 Å². The summed E-state index contributed by atoms with van der Waals surface area (Å²) >= 11 is 0. The number of hydrogen-bond acceptors (Lipinski definition) is 5. The molecule has 1 aliphatic rings. The second-order valence-corrected chi connectivity index (χ2v) is 5.16. The largest absolute Gasteiger partial charge is 0.485 e. The Labute approximate surface area is 117 Å². The summed E-state index contributed by atoms with van der Waals surface area (Å²) in [7, 11) is 0. The molecule has 1 aromatic heterocycles. The Morgan fingerprint density at radius 3 is 2.65 bits per heavy atom. The van der Waals surface area contributed by atoms with Crippen LogP contribution in [0.3, 0.4) is 0 Å². The maximum atomic E-state index is 9.50. The molecule has 1 fully saturated rings. The summed E-state index contributed by atoms with van der Waals surface area (Å²) < 4.78 is 10.9. The minimum absolute atomic E-state index is 0.171. The van der Waals surface area contributed by atoms with E-state index in [0.717, 1.165) is 31.4 Å². The molecule has 0 spiro atoms. The van der Waals surface area contributed by atoms with Crippen LogP contribution in [0.1, 0.15) is 43.3 Å². The maximum absolute atomic E-state index is 9.50. The number of aliphatic hydroxyl groups is 1. The fourth-order valence-corrected chi connectivity index (χ4v) is 2.48. The van der Waals surface area contributed by atoms with Crippen molar-refractivity contribution in [1.29, 1.82) is 0 Å². The normalized spacial score (nSPS) is 22.6. The molecule has 0 amide bonds. The van der Waals surface area contributed by atoms with Crippen molar-refractivity contribution in [3.05, 3.63) is 42.0 Å². The van der Waals surface area contributed by atoms with Crippen LogP contribution in [0.2, 0.25) is 0 Å².